The molecule has 30 heavy (non-hydrogen) atoms. The van der Waals surface area contributed by atoms with Crippen LogP contribution in [0.25, 0.3) is 6.08 Å². The number of methoxy groups -OCH3 is 1. The number of allylic oxidation sites excluding steroid dienone is 1. The Kier molecular flexibility index (Phi) is 6.55. The molecule has 0 aliphatic heterocycles. The van der Waals surface area contributed by atoms with Gasteiger partial charge < -0.3 is 9.47 Å². The second-order valence-electron chi connectivity index (χ2n) is 6.60. The van der Waals surface area contributed by atoms with Gasteiger partial charge in [0, 0.05) is 16.3 Å². The maximum atomic E-state index is 12.7. The third-order valence-electron chi connectivity index (χ3n) is 4.39. The van der Waals surface area contributed by atoms with E-state index in [0.29, 0.717) is 33.5 Å². The summed E-state index contributed by atoms with van der Waals surface area (Å²) >= 11 is 6.17. The van der Waals surface area contributed by atoms with Crippen LogP contribution >= 0.6 is 11.6 Å². The third-order valence-corrected chi connectivity index (χ3v) is 4.76. The molecule has 152 valence electrons. The van der Waals surface area contributed by atoms with Gasteiger partial charge in [0.05, 0.1) is 12.8 Å². The van der Waals surface area contributed by atoms with Crippen LogP contribution in [0.2, 0.25) is 5.02 Å². The van der Waals surface area contributed by atoms with E-state index in [4.69, 9.17) is 21.1 Å². The summed E-state index contributed by atoms with van der Waals surface area (Å²) in [5, 5.41) is 14.3. The fraction of sp³-hybridized carbons (Fsp3) is 0.174. The lowest BCUT2D eigenvalue weighted by Gasteiger charge is -2.12. The van der Waals surface area contributed by atoms with E-state index in [9.17, 15) is 10.1 Å². The molecule has 3 aromatic rings. The van der Waals surface area contributed by atoms with E-state index in [1.807, 2.05) is 24.3 Å². The molecule has 0 bridgehead atoms. The Hall–Kier alpha value is -3.56. The minimum absolute atomic E-state index is 0.0343. The van der Waals surface area contributed by atoms with Gasteiger partial charge in [-0.15, -0.1) is 0 Å². The zero-order chi connectivity index (χ0) is 21.7. The van der Waals surface area contributed by atoms with Crippen molar-refractivity contribution in [2.24, 2.45) is 0 Å². The molecule has 0 N–H and O–H groups in total. The summed E-state index contributed by atoms with van der Waals surface area (Å²) in [5.74, 6) is 0.519. The molecular formula is C23H20ClN3O3. The van der Waals surface area contributed by atoms with Crippen LogP contribution in [-0.4, -0.2) is 22.8 Å². The van der Waals surface area contributed by atoms with Crippen molar-refractivity contribution in [2.45, 2.75) is 20.5 Å². The van der Waals surface area contributed by atoms with E-state index in [1.54, 1.807) is 44.2 Å². The molecule has 0 saturated heterocycles. The lowest BCUT2D eigenvalue weighted by atomic mass is 10.1. The Bertz CT molecular complexity index is 1160. The minimum Gasteiger partial charge on any atom is -0.493 e. The van der Waals surface area contributed by atoms with Gasteiger partial charge in [-0.1, -0.05) is 35.9 Å². The highest BCUT2D eigenvalue weighted by Crippen LogP contribution is 2.30. The van der Waals surface area contributed by atoms with Gasteiger partial charge in [0.25, 0.3) is 5.91 Å². The number of ether oxygens (including phenoxy) is 2. The van der Waals surface area contributed by atoms with Crippen molar-refractivity contribution in [3.05, 3.63) is 81.6 Å². The molecule has 0 spiro atoms. The molecule has 1 heterocycles. The molecule has 6 nitrogen and oxygen atoms in total. The molecule has 0 aliphatic carbocycles. The van der Waals surface area contributed by atoms with Crippen LogP contribution in [0.3, 0.4) is 0 Å². The Morgan fingerprint density at radius 3 is 2.60 bits per heavy atom. The zero-order valence-corrected chi connectivity index (χ0v) is 17.6. The Balaban J connectivity index is 1.84. The molecule has 3 rings (SSSR count). The van der Waals surface area contributed by atoms with Crippen molar-refractivity contribution >= 4 is 23.6 Å². The number of carbonyl (C=O) groups excluding carboxylic acids is 1. The maximum Gasteiger partial charge on any atom is 0.289 e. The van der Waals surface area contributed by atoms with Crippen LogP contribution in [0.15, 0.2) is 54.1 Å². The molecule has 0 saturated carbocycles. The third kappa shape index (κ3) is 4.70. The topological polar surface area (TPSA) is 77.1 Å². The molecule has 0 aliphatic rings. The molecule has 7 heteroatoms. The second-order valence-corrected chi connectivity index (χ2v) is 7.01. The number of aryl methyl sites for hydroxylation is 2. The van der Waals surface area contributed by atoms with E-state index in [-0.39, 0.29) is 12.2 Å². The number of hydrogen-bond acceptors (Lipinski definition) is 5. The number of aromatic nitrogens is 2. The second kappa shape index (κ2) is 9.29. The molecular weight excluding hydrogens is 402 g/mol. The van der Waals surface area contributed by atoms with Gasteiger partial charge in [-0.3, -0.25) is 4.79 Å². The number of rotatable bonds is 6. The minimum atomic E-state index is -0.485. The number of carbonyl (C=O) groups is 1. The first kappa shape index (κ1) is 21.2. The lowest BCUT2D eigenvalue weighted by Crippen LogP contribution is -2.15. The van der Waals surface area contributed by atoms with Crippen molar-refractivity contribution < 1.29 is 14.3 Å². The van der Waals surface area contributed by atoms with Crippen LogP contribution in [0, 0.1) is 25.2 Å². The Labute approximate surface area is 179 Å². The molecule has 0 amide bonds. The number of hydrogen-bond donors (Lipinski definition) is 0. The van der Waals surface area contributed by atoms with Crippen molar-refractivity contribution in [2.75, 3.05) is 7.11 Å². The van der Waals surface area contributed by atoms with Crippen molar-refractivity contribution in [3.8, 4) is 17.6 Å². The normalized spacial score (nSPS) is 11.1. The van der Waals surface area contributed by atoms with Crippen LogP contribution in [0.4, 0.5) is 0 Å². The van der Waals surface area contributed by atoms with Gasteiger partial charge in [0.15, 0.2) is 11.5 Å². The summed E-state index contributed by atoms with van der Waals surface area (Å²) in [7, 11) is 1.53. The predicted molar refractivity (Wildman–Crippen MR) is 115 cm³/mol. The SMILES string of the molecule is COc1cc(/C=C(\C#N)C(=O)n2nc(C)cc2C)ccc1OCc1ccccc1Cl. The van der Waals surface area contributed by atoms with Gasteiger partial charge >= 0.3 is 0 Å². The number of nitrogens with zero attached hydrogens (tertiary/aromatic N) is 3. The van der Waals surface area contributed by atoms with Gasteiger partial charge in [-0.2, -0.15) is 10.4 Å². The van der Waals surface area contributed by atoms with Gasteiger partial charge in [-0.25, -0.2) is 4.68 Å². The van der Waals surface area contributed by atoms with E-state index in [1.165, 1.54) is 17.9 Å². The molecule has 0 atom stereocenters. The lowest BCUT2D eigenvalue weighted by molar-refractivity contribution is 0.0943. The van der Waals surface area contributed by atoms with E-state index in [2.05, 4.69) is 5.10 Å². The highest BCUT2D eigenvalue weighted by Gasteiger charge is 2.16. The highest BCUT2D eigenvalue weighted by molar-refractivity contribution is 6.31. The monoisotopic (exact) mass is 421 g/mol. The standard InChI is InChI=1S/C23H20ClN3O3/c1-15-10-16(2)27(26-15)23(28)19(13-25)11-17-8-9-21(22(12-17)29-3)30-14-18-6-4-5-7-20(18)24/h4-12H,14H2,1-3H3/b19-11+. The Morgan fingerprint density at radius 2 is 1.97 bits per heavy atom. The summed E-state index contributed by atoms with van der Waals surface area (Å²) in [5.41, 5.74) is 2.82. The number of halogens is 1. The highest BCUT2D eigenvalue weighted by atomic mass is 35.5. The Morgan fingerprint density at radius 1 is 1.20 bits per heavy atom. The average molecular weight is 422 g/mol. The smallest absolute Gasteiger partial charge is 0.289 e. The molecule has 0 fully saturated rings. The first-order valence-electron chi connectivity index (χ1n) is 9.17. The predicted octanol–water partition coefficient (Wildman–Crippen LogP) is 4.99. The fourth-order valence-electron chi connectivity index (χ4n) is 2.92. The maximum absolute atomic E-state index is 12.7. The van der Waals surface area contributed by atoms with Crippen LogP contribution < -0.4 is 9.47 Å². The van der Waals surface area contributed by atoms with Crippen LogP contribution in [-0.2, 0) is 6.61 Å². The van der Waals surface area contributed by atoms with Gasteiger partial charge in [0.1, 0.15) is 18.2 Å². The first-order chi connectivity index (χ1) is 14.4. The number of nitriles is 1. The summed E-state index contributed by atoms with van der Waals surface area (Å²) in [6.07, 6.45) is 1.50. The molecule has 0 unspecified atom stereocenters. The summed E-state index contributed by atoms with van der Waals surface area (Å²) in [6, 6.07) is 16.3. The quantitative estimate of drug-likeness (QED) is 0.414. The van der Waals surface area contributed by atoms with Crippen molar-refractivity contribution in [1.82, 2.24) is 9.78 Å². The number of benzene rings is 2. The van der Waals surface area contributed by atoms with E-state index < -0.39 is 5.91 Å². The molecule has 0 radical (unpaired) electrons. The van der Waals surface area contributed by atoms with Crippen LogP contribution in [0.5, 0.6) is 11.5 Å². The zero-order valence-electron chi connectivity index (χ0n) is 16.8. The largest absolute Gasteiger partial charge is 0.493 e. The fourth-order valence-corrected chi connectivity index (χ4v) is 3.11. The summed E-state index contributed by atoms with van der Waals surface area (Å²) < 4.78 is 12.5. The van der Waals surface area contributed by atoms with Crippen LogP contribution in [0.1, 0.15) is 27.3 Å². The van der Waals surface area contributed by atoms with E-state index >= 15 is 0 Å². The molecule has 2 aromatic carbocycles. The average Bonchev–Trinajstić information content (AvgIpc) is 3.09. The first-order valence-corrected chi connectivity index (χ1v) is 9.54. The van der Waals surface area contributed by atoms with Gasteiger partial charge in [-0.05, 0) is 49.8 Å². The molecule has 1 aromatic heterocycles. The van der Waals surface area contributed by atoms with Crippen molar-refractivity contribution in [1.29, 1.82) is 5.26 Å². The summed E-state index contributed by atoms with van der Waals surface area (Å²) in [4.78, 5) is 12.7. The summed E-state index contributed by atoms with van der Waals surface area (Å²) in [6.45, 7) is 3.84. The van der Waals surface area contributed by atoms with Gasteiger partial charge in [0.2, 0.25) is 0 Å². The van der Waals surface area contributed by atoms with E-state index in [0.717, 1.165) is 5.56 Å². The van der Waals surface area contributed by atoms with Crippen molar-refractivity contribution in [3.63, 3.8) is 0 Å².